The number of cyclic esters (lactones) is 1. The average Bonchev–Trinajstić information content (AvgIpc) is 2.40. The van der Waals surface area contributed by atoms with Crippen LogP contribution in [0.15, 0.2) is 0 Å². The van der Waals surface area contributed by atoms with Gasteiger partial charge < -0.3 is 9.47 Å². The van der Waals surface area contributed by atoms with Crippen molar-refractivity contribution >= 4 is 6.09 Å². The monoisotopic (exact) mass is 143 g/mol. The highest BCUT2D eigenvalue weighted by Crippen LogP contribution is 2.22. The number of nitrogens with zero attached hydrogens (tertiary/aromatic N) is 1. The van der Waals surface area contributed by atoms with E-state index in [0.29, 0.717) is 13.2 Å². The van der Waals surface area contributed by atoms with Crippen LogP contribution >= 0.6 is 0 Å². The van der Waals surface area contributed by atoms with E-state index < -0.39 is 0 Å². The van der Waals surface area contributed by atoms with Crippen molar-refractivity contribution < 1.29 is 14.3 Å². The van der Waals surface area contributed by atoms with E-state index in [1.165, 1.54) is 0 Å². The maximum Gasteiger partial charge on any atom is 0.412 e. The summed E-state index contributed by atoms with van der Waals surface area (Å²) in [6.07, 6.45) is -0.350. The molecule has 2 heterocycles. The summed E-state index contributed by atoms with van der Waals surface area (Å²) < 4.78 is 9.99. The zero-order chi connectivity index (χ0) is 7.14. The summed E-state index contributed by atoms with van der Waals surface area (Å²) in [5, 5.41) is 0. The summed E-state index contributed by atoms with van der Waals surface area (Å²) in [6, 6.07) is 0.181. The van der Waals surface area contributed by atoms with E-state index in [9.17, 15) is 4.79 Å². The minimum Gasteiger partial charge on any atom is -0.445 e. The lowest BCUT2D eigenvalue weighted by Crippen LogP contribution is -2.33. The average molecular weight is 143 g/mol. The third-order valence-corrected chi connectivity index (χ3v) is 1.88. The van der Waals surface area contributed by atoms with Gasteiger partial charge >= 0.3 is 6.09 Å². The van der Waals surface area contributed by atoms with Crippen molar-refractivity contribution in [3.63, 3.8) is 0 Å². The number of carbonyl (C=O) groups excluding carboxylic acids is 1. The lowest BCUT2D eigenvalue weighted by atomic mass is 10.3. The normalized spacial score (nSPS) is 38.1. The predicted molar refractivity (Wildman–Crippen MR) is 32.4 cm³/mol. The third kappa shape index (κ3) is 0.623. The van der Waals surface area contributed by atoms with Gasteiger partial charge in [0.15, 0.2) is 6.23 Å². The quantitative estimate of drug-likeness (QED) is 0.485. The van der Waals surface area contributed by atoms with Crippen LogP contribution in [0.5, 0.6) is 0 Å². The van der Waals surface area contributed by atoms with Crippen LogP contribution in [-0.4, -0.2) is 36.5 Å². The van der Waals surface area contributed by atoms with Crippen molar-refractivity contribution in [1.82, 2.24) is 4.90 Å². The van der Waals surface area contributed by atoms with Gasteiger partial charge in [0.25, 0.3) is 0 Å². The van der Waals surface area contributed by atoms with Gasteiger partial charge in [-0.1, -0.05) is 0 Å². The highest BCUT2D eigenvalue weighted by atomic mass is 16.6. The van der Waals surface area contributed by atoms with E-state index in [4.69, 9.17) is 9.47 Å². The van der Waals surface area contributed by atoms with E-state index in [-0.39, 0.29) is 18.4 Å². The number of amides is 1. The number of hydrogen-bond donors (Lipinski definition) is 0. The molecule has 10 heavy (non-hydrogen) atoms. The van der Waals surface area contributed by atoms with Crippen molar-refractivity contribution in [2.75, 3.05) is 13.2 Å². The Bertz CT molecular complexity index is 170. The molecule has 0 bridgehead atoms. The van der Waals surface area contributed by atoms with Gasteiger partial charge in [0, 0.05) is 0 Å². The first kappa shape index (κ1) is 5.97. The van der Waals surface area contributed by atoms with Gasteiger partial charge in [-0.2, -0.15) is 0 Å². The highest BCUT2D eigenvalue weighted by molar-refractivity contribution is 5.70. The smallest absolute Gasteiger partial charge is 0.412 e. The summed E-state index contributed by atoms with van der Waals surface area (Å²) in [6.45, 7) is 2.98. The first-order valence-corrected chi connectivity index (χ1v) is 3.36. The van der Waals surface area contributed by atoms with E-state index in [1.54, 1.807) is 4.90 Å². The topological polar surface area (TPSA) is 38.8 Å². The maximum atomic E-state index is 10.9. The van der Waals surface area contributed by atoms with Crippen molar-refractivity contribution in [2.45, 2.75) is 19.2 Å². The number of rotatable bonds is 0. The van der Waals surface area contributed by atoms with Crippen LogP contribution in [-0.2, 0) is 9.47 Å². The molecular weight excluding hydrogens is 134 g/mol. The SMILES string of the molecule is C[C@@H]1CO[C@H]2COC(=O)N12. The second kappa shape index (κ2) is 1.85. The first-order valence-electron chi connectivity index (χ1n) is 3.36. The van der Waals surface area contributed by atoms with Crippen LogP contribution in [0.3, 0.4) is 0 Å². The van der Waals surface area contributed by atoms with Gasteiger partial charge in [0.05, 0.1) is 12.6 Å². The number of hydrogen-bond acceptors (Lipinski definition) is 3. The molecule has 2 aliphatic rings. The molecule has 0 aromatic carbocycles. The Balaban J connectivity index is 2.19. The third-order valence-electron chi connectivity index (χ3n) is 1.88. The molecule has 4 heteroatoms. The van der Waals surface area contributed by atoms with E-state index in [1.807, 2.05) is 6.92 Å². The standard InChI is InChI=1S/C6H9NO3/c1-4-2-9-5-3-10-6(8)7(4)5/h4-5H,2-3H2,1H3/t4-,5+/m1/s1. The van der Waals surface area contributed by atoms with Gasteiger partial charge in [0.2, 0.25) is 0 Å². The number of fused-ring (bicyclic) bond motifs is 1. The molecule has 2 atom stereocenters. The van der Waals surface area contributed by atoms with Gasteiger partial charge in [-0.05, 0) is 6.92 Å². The second-order valence-electron chi connectivity index (χ2n) is 2.62. The maximum absolute atomic E-state index is 10.9. The Labute approximate surface area is 58.7 Å². The lowest BCUT2D eigenvalue weighted by molar-refractivity contribution is 0.0600. The summed E-state index contributed by atoms with van der Waals surface area (Å²) in [5.74, 6) is 0. The van der Waals surface area contributed by atoms with Crippen LogP contribution < -0.4 is 0 Å². The zero-order valence-corrected chi connectivity index (χ0v) is 5.74. The molecule has 0 spiro atoms. The molecule has 2 saturated heterocycles. The second-order valence-corrected chi connectivity index (χ2v) is 2.62. The van der Waals surface area contributed by atoms with Crippen molar-refractivity contribution in [3.05, 3.63) is 0 Å². The molecule has 2 aliphatic heterocycles. The molecule has 0 saturated carbocycles. The molecule has 2 fully saturated rings. The molecule has 4 nitrogen and oxygen atoms in total. The number of ether oxygens (including phenoxy) is 2. The summed E-state index contributed by atoms with van der Waals surface area (Å²) >= 11 is 0. The Hall–Kier alpha value is -0.770. The van der Waals surface area contributed by atoms with Crippen LogP contribution in [0.2, 0.25) is 0 Å². The Morgan fingerprint density at radius 3 is 3.10 bits per heavy atom. The van der Waals surface area contributed by atoms with Gasteiger partial charge in [-0.15, -0.1) is 0 Å². The molecule has 0 N–H and O–H groups in total. The summed E-state index contributed by atoms with van der Waals surface area (Å²) in [5.41, 5.74) is 0. The van der Waals surface area contributed by atoms with Gasteiger partial charge in [0.1, 0.15) is 6.61 Å². The Kier molecular flexibility index (Phi) is 1.11. The van der Waals surface area contributed by atoms with Gasteiger partial charge in [-0.25, -0.2) is 4.79 Å². The zero-order valence-electron chi connectivity index (χ0n) is 5.74. The van der Waals surface area contributed by atoms with Crippen molar-refractivity contribution in [1.29, 1.82) is 0 Å². The minimum atomic E-state index is -0.241. The molecule has 0 radical (unpaired) electrons. The molecule has 0 aromatic heterocycles. The van der Waals surface area contributed by atoms with Crippen molar-refractivity contribution in [3.8, 4) is 0 Å². The fraction of sp³-hybridized carbons (Fsp3) is 0.833. The van der Waals surface area contributed by atoms with Crippen LogP contribution in [0.4, 0.5) is 4.79 Å². The van der Waals surface area contributed by atoms with Gasteiger partial charge in [-0.3, -0.25) is 4.90 Å². The molecule has 1 amide bonds. The van der Waals surface area contributed by atoms with Crippen molar-refractivity contribution in [2.24, 2.45) is 0 Å². The largest absolute Gasteiger partial charge is 0.445 e. The molecular formula is C6H9NO3. The highest BCUT2D eigenvalue weighted by Gasteiger charge is 2.42. The summed E-state index contributed by atoms with van der Waals surface area (Å²) in [7, 11) is 0. The lowest BCUT2D eigenvalue weighted by Gasteiger charge is -2.13. The molecule has 2 rings (SSSR count). The van der Waals surface area contributed by atoms with E-state index in [2.05, 4.69) is 0 Å². The van der Waals surface area contributed by atoms with Crippen LogP contribution in [0, 0.1) is 0 Å². The molecule has 0 aromatic rings. The fourth-order valence-corrected chi connectivity index (χ4v) is 1.34. The Morgan fingerprint density at radius 1 is 1.60 bits per heavy atom. The first-order chi connectivity index (χ1) is 4.79. The molecule has 0 unspecified atom stereocenters. The summed E-state index contributed by atoms with van der Waals surface area (Å²) in [4.78, 5) is 12.5. The predicted octanol–water partition coefficient (Wildman–Crippen LogP) is 0.183. The van der Waals surface area contributed by atoms with Crippen LogP contribution in [0.25, 0.3) is 0 Å². The van der Waals surface area contributed by atoms with Crippen LogP contribution in [0.1, 0.15) is 6.92 Å². The van der Waals surface area contributed by atoms with E-state index in [0.717, 1.165) is 0 Å². The number of carbonyl (C=O) groups is 1. The fourth-order valence-electron chi connectivity index (χ4n) is 1.34. The molecule has 56 valence electrons. The van der Waals surface area contributed by atoms with E-state index >= 15 is 0 Å². The minimum absolute atomic E-state index is 0.109. The Morgan fingerprint density at radius 2 is 2.40 bits per heavy atom. The molecule has 0 aliphatic carbocycles.